The van der Waals surface area contributed by atoms with Crippen LogP contribution in [0.4, 0.5) is 13.2 Å². The van der Waals surface area contributed by atoms with Crippen LogP contribution in [-0.2, 0) is 0 Å². The third-order valence-electron chi connectivity index (χ3n) is 0.398. The van der Waals surface area contributed by atoms with E-state index in [4.69, 9.17) is 28.3 Å². The molecular weight excluding hydrogens is 192 g/mol. The zero-order chi connectivity index (χ0) is 8.78. The molecule has 0 bridgehead atoms. The zero-order valence-corrected chi connectivity index (χ0v) is 6.63. The Morgan fingerprint density at radius 1 is 1.50 bits per heavy atom. The first kappa shape index (κ1) is 13.0. The number of alkyl halides is 5. The van der Waals surface area contributed by atoms with Crippen molar-refractivity contribution in [2.45, 2.75) is 19.2 Å². The van der Waals surface area contributed by atoms with Gasteiger partial charge in [0.15, 0.2) is 0 Å². The van der Waals surface area contributed by atoms with E-state index in [0.29, 0.717) is 6.92 Å². The minimum Gasteiger partial charge on any atom is -0.358 e. The van der Waals surface area contributed by atoms with Crippen molar-refractivity contribution >= 4 is 23.2 Å². The third kappa shape index (κ3) is 11.2. The van der Waals surface area contributed by atoms with Gasteiger partial charge in [0.1, 0.15) is 0 Å². The molecule has 0 aromatic rings. The highest BCUT2D eigenvalue weighted by Crippen LogP contribution is 2.14. The smallest absolute Gasteiger partial charge is 0.295 e. The number of hydrogen-bond acceptors (Lipinski definition) is 1. The van der Waals surface area contributed by atoms with E-state index >= 15 is 0 Å². The van der Waals surface area contributed by atoms with E-state index < -0.39 is 12.3 Å². The van der Waals surface area contributed by atoms with Crippen LogP contribution in [0.3, 0.4) is 0 Å². The van der Waals surface area contributed by atoms with Crippen molar-refractivity contribution in [2.24, 2.45) is 0 Å². The van der Waals surface area contributed by atoms with Gasteiger partial charge in [-0.25, -0.2) is 13.2 Å². The van der Waals surface area contributed by atoms with Gasteiger partial charge in [0, 0.05) is 6.92 Å². The average Bonchev–Trinajstić information content (AvgIpc) is 1.64. The fourth-order valence-corrected chi connectivity index (χ4v) is 0. The second-order valence-corrected chi connectivity index (χ2v) is 2.23. The molecule has 6 heteroatoms. The van der Waals surface area contributed by atoms with Crippen LogP contribution in [0.5, 0.6) is 0 Å². The molecule has 0 aliphatic rings. The fourth-order valence-electron chi connectivity index (χ4n) is 0. The molecule has 1 nitrogen and oxygen atoms in total. The van der Waals surface area contributed by atoms with Crippen molar-refractivity contribution in [3.05, 3.63) is 0 Å². The molecule has 0 spiro atoms. The van der Waals surface area contributed by atoms with Gasteiger partial charge in [-0.15, -0.1) is 23.2 Å². The van der Waals surface area contributed by atoms with Crippen molar-refractivity contribution in [3.8, 4) is 0 Å². The molecule has 0 amide bonds. The van der Waals surface area contributed by atoms with Crippen molar-refractivity contribution in [2.75, 3.05) is 5.34 Å². The minimum absolute atomic E-state index is 0.194. The van der Waals surface area contributed by atoms with Crippen LogP contribution in [0.25, 0.3) is 0 Å². The van der Waals surface area contributed by atoms with E-state index in [0.717, 1.165) is 0 Å². The maximum atomic E-state index is 11.3. The van der Waals surface area contributed by atoms with Crippen LogP contribution in [0.1, 0.15) is 6.92 Å². The van der Waals surface area contributed by atoms with Crippen LogP contribution in [0.15, 0.2) is 0 Å². The van der Waals surface area contributed by atoms with Crippen LogP contribution in [0.2, 0.25) is 0 Å². The predicted octanol–water partition coefficient (Wildman–Crippen LogP) is 2.35. The highest BCUT2D eigenvalue weighted by molar-refractivity contribution is 6.40. The second-order valence-electron chi connectivity index (χ2n) is 1.43. The maximum Gasteiger partial charge on any atom is 0.295 e. The van der Waals surface area contributed by atoms with E-state index in [9.17, 15) is 13.2 Å². The van der Waals surface area contributed by atoms with Crippen LogP contribution < -0.4 is 0 Å². The Bertz CT molecular complexity index is 73.4. The fraction of sp³-hybridized carbons (Fsp3) is 1.00. The van der Waals surface area contributed by atoms with Gasteiger partial charge in [-0.1, -0.05) is 0 Å². The summed E-state index contributed by atoms with van der Waals surface area (Å²) in [5.74, 6) is -3.33. The summed E-state index contributed by atoms with van der Waals surface area (Å²) in [6, 6.07) is 0. The Kier molecular flexibility index (Phi) is 7.86. The summed E-state index contributed by atoms with van der Waals surface area (Å²) in [5.41, 5.74) is 0. The monoisotopic (exact) mass is 198 g/mol. The Hall–Kier alpha value is 0.330. The van der Waals surface area contributed by atoms with E-state index in [1.807, 2.05) is 0 Å². The quantitative estimate of drug-likeness (QED) is 0.642. The minimum atomic E-state index is -3.33. The van der Waals surface area contributed by atoms with Crippen LogP contribution in [0, 0.1) is 0 Å². The number of aliphatic hydroxyl groups is 1. The second kappa shape index (κ2) is 6.07. The van der Waals surface area contributed by atoms with E-state index in [1.54, 1.807) is 0 Å². The maximum absolute atomic E-state index is 11.3. The molecule has 0 rings (SSSR count). The van der Waals surface area contributed by atoms with E-state index in [2.05, 4.69) is 0 Å². The summed E-state index contributed by atoms with van der Waals surface area (Å²) in [5, 5.41) is 7.87. The van der Waals surface area contributed by atoms with Gasteiger partial charge in [0.2, 0.25) is 0 Å². The summed E-state index contributed by atoms with van der Waals surface area (Å²) in [7, 11) is 0. The Morgan fingerprint density at radius 2 is 1.60 bits per heavy atom. The normalized spacial score (nSPS) is 15.6. The lowest BCUT2D eigenvalue weighted by molar-refractivity contribution is -0.172. The van der Waals surface area contributed by atoms with E-state index in [1.165, 1.54) is 0 Å². The van der Waals surface area contributed by atoms with Crippen molar-refractivity contribution in [1.82, 2.24) is 0 Å². The molecule has 1 atom stereocenters. The SMILES string of the molecule is CC(O)(F)C(F)F.ClCCl. The molecule has 0 aromatic heterocycles. The highest BCUT2D eigenvalue weighted by Gasteiger charge is 2.30. The summed E-state index contributed by atoms with van der Waals surface area (Å²) in [6.07, 6.45) is -3.31. The van der Waals surface area contributed by atoms with Crippen molar-refractivity contribution < 1.29 is 18.3 Å². The van der Waals surface area contributed by atoms with Crippen molar-refractivity contribution in [1.29, 1.82) is 0 Å². The zero-order valence-electron chi connectivity index (χ0n) is 5.12. The lowest BCUT2D eigenvalue weighted by Crippen LogP contribution is -2.26. The first-order valence-electron chi connectivity index (χ1n) is 2.17. The molecule has 0 saturated carbocycles. The van der Waals surface area contributed by atoms with E-state index in [-0.39, 0.29) is 5.34 Å². The third-order valence-corrected chi connectivity index (χ3v) is 0.398. The first-order chi connectivity index (χ1) is 4.36. The largest absolute Gasteiger partial charge is 0.358 e. The molecule has 0 fully saturated rings. The lowest BCUT2D eigenvalue weighted by atomic mass is 10.4. The predicted molar refractivity (Wildman–Crippen MR) is 34.3 cm³/mol. The highest BCUT2D eigenvalue weighted by atomic mass is 35.5. The molecule has 1 unspecified atom stereocenters. The molecule has 10 heavy (non-hydrogen) atoms. The van der Waals surface area contributed by atoms with Crippen molar-refractivity contribution in [3.63, 3.8) is 0 Å². The Labute approximate surface area is 66.7 Å². The molecule has 0 aliphatic heterocycles. The van der Waals surface area contributed by atoms with Crippen LogP contribution in [-0.4, -0.2) is 22.7 Å². The average molecular weight is 199 g/mol. The number of hydrogen-bond donors (Lipinski definition) is 1. The van der Waals surface area contributed by atoms with Gasteiger partial charge in [-0.3, -0.25) is 0 Å². The summed E-state index contributed by atoms with van der Waals surface area (Å²) in [4.78, 5) is 0. The number of rotatable bonds is 1. The number of halogens is 5. The Balaban J connectivity index is 0. The Morgan fingerprint density at radius 3 is 1.60 bits per heavy atom. The molecule has 0 radical (unpaired) electrons. The molecule has 0 aliphatic carbocycles. The lowest BCUT2D eigenvalue weighted by Gasteiger charge is -2.08. The van der Waals surface area contributed by atoms with Gasteiger partial charge in [0.05, 0.1) is 5.34 Å². The molecular formula is C4H7Cl2F3O. The molecule has 0 heterocycles. The van der Waals surface area contributed by atoms with Gasteiger partial charge in [-0.05, 0) is 0 Å². The molecule has 1 N–H and O–H groups in total. The summed E-state index contributed by atoms with van der Waals surface area (Å²) in [6.45, 7) is 0.400. The first-order valence-corrected chi connectivity index (χ1v) is 3.24. The van der Waals surface area contributed by atoms with Gasteiger partial charge in [-0.2, -0.15) is 0 Å². The molecule has 0 saturated heterocycles. The van der Waals surface area contributed by atoms with Gasteiger partial charge < -0.3 is 5.11 Å². The summed E-state index contributed by atoms with van der Waals surface area (Å²) < 4.78 is 33.2. The molecule has 64 valence electrons. The molecule has 0 aromatic carbocycles. The summed E-state index contributed by atoms with van der Waals surface area (Å²) >= 11 is 9.53. The van der Waals surface area contributed by atoms with Gasteiger partial charge >= 0.3 is 0 Å². The van der Waals surface area contributed by atoms with Crippen LogP contribution >= 0.6 is 23.2 Å². The topological polar surface area (TPSA) is 20.2 Å². The standard InChI is InChI=1S/C3H5F3O.CH2Cl2/c1-3(6,7)2(4)5;2-1-3/h2,7H,1H3;1H2. The van der Waals surface area contributed by atoms with Gasteiger partial charge in [0.25, 0.3) is 12.3 Å².